The van der Waals surface area contributed by atoms with Crippen LogP contribution in [0.15, 0.2) is 18.2 Å². The van der Waals surface area contributed by atoms with Gasteiger partial charge in [-0.15, -0.1) is 0 Å². The van der Waals surface area contributed by atoms with Crippen molar-refractivity contribution < 1.29 is 9.59 Å². The molecule has 20 heavy (non-hydrogen) atoms. The van der Waals surface area contributed by atoms with Gasteiger partial charge in [-0.2, -0.15) is 0 Å². The topological polar surface area (TPSA) is 61.4 Å². The Labute approximate surface area is 119 Å². The number of benzene rings is 1. The van der Waals surface area contributed by atoms with Gasteiger partial charge in [0.15, 0.2) is 0 Å². The van der Waals surface area contributed by atoms with E-state index in [4.69, 9.17) is 0 Å². The number of amides is 3. The summed E-state index contributed by atoms with van der Waals surface area (Å²) in [5.74, 6) is 0.175. The summed E-state index contributed by atoms with van der Waals surface area (Å²) in [5, 5.41) is 5.56. The molecule has 0 unspecified atom stereocenters. The molecule has 0 aliphatic carbocycles. The number of anilines is 2. The maximum absolute atomic E-state index is 11.8. The predicted molar refractivity (Wildman–Crippen MR) is 80.1 cm³/mol. The molecule has 1 aromatic rings. The number of urea groups is 1. The van der Waals surface area contributed by atoms with Gasteiger partial charge in [0.05, 0.1) is 0 Å². The van der Waals surface area contributed by atoms with Crippen LogP contribution in [0.4, 0.5) is 16.2 Å². The van der Waals surface area contributed by atoms with E-state index in [0.717, 1.165) is 36.3 Å². The number of carbonyl (C=O) groups excluding carboxylic acids is 2. The van der Waals surface area contributed by atoms with Crippen molar-refractivity contribution in [2.24, 2.45) is 0 Å². The molecule has 1 fully saturated rings. The molecule has 1 aliphatic rings. The summed E-state index contributed by atoms with van der Waals surface area (Å²) in [5.41, 5.74) is 2.67. The molecule has 0 spiro atoms. The number of nitrogens with one attached hydrogen (secondary N) is 2. The van der Waals surface area contributed by atoms with Crippen LogP contribution in [-0.4, -0.2) is 25.0 Å². The Balaban J connectivity index is 2.06. The lowest BCUT2D eigenvalue weighted by Gasteiger charge is -2.19. The van der Waals surface area contributed by atoms with E-state index in [1.54, 1.807) is 0 Å². The molecule has 3 amide bonds. The summed E-state index contributed by atoms with van der Waals surface area (Å²) in [6.45, 7) is 5.40. The Hall–Kier alpha value is -2.04. The number of carbonyl (C=O) groups is 2. The largest absolute Gasteiger partial charge is 0.338 e. The summed E-state index contributed by atoms with van der Waals surface area (Å²) in [4.78, 5) is 25.2. The molecular formula is C15H21N3O2. The predicted octanol–water partition coefficient (Wildman–Crippen LogP) is 2.65. The number of rotatable bonds is 4. The minimum atomic E-state index is -0.198. The van der Waals surface area contributed by atoms with Crippen molar-refractivity contribution in [2.75, 3.05) is 23.3 Å². The average molecular weight is 275 g/mol. The molecule has 108 valence electrons. The molecule has 0 atom stereocenters. The molecule has 1 heterocycles. The van der Waals surface area contributed by atoms with E-state index < -0.39 is 0 Å². The van der Waals surface area contributed by atoms with Crippen LogP contribution in [-0.2, 0) is 4.79 Å². The third kappa shape index (κ3) is 3.29. The molecule has 0 radical (unpaired) electrons. The summed E-state index contributed by atoms with van der Waals surface area (Å²) in [6.07, 6.45) is 2.44. The summed E-state index contributed by atoms with van der Waals surface area (Å²) < 4.78 is 0. The highest BCUT2D eigenvalue weighted by atomic mass is 16.2. The maximum Gasteiger partial charge on any atom is 0.319 e. The summed E-state index contributed by atoms with van der Waals surface area (Å²) >= 11 is 0. The molecule has 1 aliphatic heterocycles. The smallest absolute Gasteiger partial charge is 0.319 e. The van der Waals surface area contributed by atoms with E-state index >= 15 is 0 Å². The third-order valence-corrected chi connectivity index (χ3v) is 3.35. The Kier molecular flexibility index (Phi) is 4.61. The molecule has 1 saturated heterocycles. The van der Waals surface area contributed by atoms with Crippen molar-refractivity contribution in [2.45, 2.75) is 33.1 Å². The summed E-state index contributed by atoms with van der Waals surface area (Å²) in [7, 11) is 0. The van der Waals surface area contributed by atoms with Gasteiger partial charge in [0.1, 0.15) is 0 Å². The number of hydrogen-bond acceptors (Lipinski definition) is 2. The van der Waals surface area contributed by atoms with Gasteiger partial charge in [-0.1, -0.05) is 6.92 Å². The second kappa shape index (κ2) is 6.41. The molecule has 0 aromatic heterocycles. The fourth-order valence-corrected chi connectivity index (χ4v) is 2.35. The van der Waals surface area contributed by atoms with Crippen LogP contribution < -0.4 is 15.5 Å². The highest BCUT2D eigenvalue weighted by molar-refractivity contribution is 5.96. The van der Waals surface area contributed by atoms with Crippen LogP contribution in [0.2, 0.25) is 0 Å². The first-order valence-electron chi connectivity index (χ1n) is 7.07. The molecule has 1 aromatic carbocycles. The minimum Gasteiger partial charge on any atom is -0.338 e. The Morgan fingerprint density at radius 1 is 1.40 bits per heavy atom. The van der Waals surface area contributed by atoms with Crippen molar-refractivity contribution >= 4 is 23.3 Å². The first-order chi connectivity index (χ1) is 9.61. The molecule has 5 heteroatoms. The van der Waals surface area contributed by atoms with Crippen molar-refractivity contribution in [3.63, 3.8) is 0 Å². The highest BCUT2D eigenvalue weighted by Gasteiger charge is 2.22. The molecule has 2 rings (SSSR count). The van der Waals surface area contributed by atoms with E-state index in [2.05, 4.69) is 10.6 Å². The molecule has 5 nitrogen and oxygen atoms in total. The van der Waals surface area contributed by atoms with Gasteiger partial charge < -0.3 is 15.5 Å². The number of aryl methyl sites for hydroxylation is 1. The van der Waals surface area contributed by atoms with Crippen LogP contribution in [0.25, 0.3) is 0 Å². The van der Waals surface area contributed by atoms with Gasteiger partial charge in [0.2, 0.25) is 5.91 Å². The van der Waals surface area contributed by atoms with Crippen molar-refractivity contribution in [1.82, 2.24) is 5.32 Å². The van der Waals surface area contributed by atoms with Crippen molar-refractivity contribution in [3.05, 3.63) is 23.8 Å². The zero-order valence-corrected chi connectivity index (χ0v) is 12.0. The van der Waals surface area contributed by atoms with E-state index in [-0.39, 0.29) is 11.9 Å². The Morgan fingerprint density at radius 3 is 2.80 bits per heavy atom. The van der Waals surface area contributed by atoms with E-state index in [9.17, 15) is 9.59 Å². The van der Waals surface area contributed by atoms with Crippen LogP contribution in [0.3, 0.4) is 0 Å². The quantitative estimate of drug-likeness (QED) is 0.887. The maximum atomic E-state index is 11.8. The van der Waals surface area contributed by atoms with Crippen LogP contribution in [0.1, 0.15) is 31.7 Å². The molecular weight excluding hydrogens is 254 g/mol. The van der Waals surface area contributed by atoms with E-state index in [1.165, 1.54) is 0 Å². The Bertz CT molecular complexity index is 514. The normalized spacial score (nSPS) is 14.5. The van der Waals surface area contributed by atoms with Crippen LogP contribution >= 0.6 is 0 Å². The molecule has 0 saturated carbocycles. The standard InChI is InChI=1S/C15H21N3O2/c1-3-8-16-15(20)17-12-6-7-13(11(2)10-12)18-9-4-5-14(18)19/h6-7,10H,3-5,8-9H2,1-2H3,(H2,16,17,20). The van der Waals surface area contributed by atoms with Gasteiger partial charge in [0.25, 0.3) is 0 Å². The monoisotopic (exact) mass is 275 g/mol. The fourth-order valence-electron chi connectivity index (χ4n) is 2.35. The second-order valence-electron chi connectivity index (χ2n) is 5.03. The van der Waals surface area contributed by atoms with E-state index in [1.807, 2.05) is 36.9 Å². The highest BCUT2D eigenvalue weighted by Crippen LogP contribution is 2.27. The van der Waals surface area contributed by atoms with Gasteiger partial charge in [-0.25, -0.2) is 4.79 Å². The number of hydrogen-bond donors (Lipinski definition) is 2. The third-order valence-electron chi connectivity index (χ3n) is 3.35. The lowest BCUT2D eigenvalue weighted by Crippen LogP contribution is -2.29. The summed E-state index contributed by atoms with van der Waals surface area (Å²) in [6, 6.07) is 5.43. The first-order valence-corrected chi connectivity index (χ1v) is 7.07. The fraction of sp³-hybridized carbons (Fsp3) is 0.467. The van der Waals surface area contributed by atoms with Crippen molar-refractivity contribution in [3.8, 4) is 0 Å². The van der Waals surface area contributed by atoms with Crippen molar-refractivity contribution in [1.29, 1.82) is 0 Å². The second-order valence-corrected chi connectivity index (χ2v) is 5.03. The first kappa shape index (κ1) is 14.4. The lowest BCUT2D eigenvalue weighted by atomic mass is 10.1. The zero-order valence-electron chi connectivity index (χ0n) is 12.0. The van der Waals surface area contributed by atoms with Gasteiger partial charge in [-0.05, 0) is 43.5 Å². The minimum absolute atomic E-state index is 0.175. The molecule has 2 N–H and O–H groups in total. The van der Waals surface area contributed by atoms with Crippen LogP contribution in [0.5, 0.6) is 0 Å². The molecule has 0 bridgehead atoms. The van der Waals surface area contributed by atoms with E-state index in [0.29, 0.717) is 13.0 Å². The van der Waals surface area contributed by atoms with Gasteiger partial charge >= 0.3 is 6.03 Å². The Morgan fingerprint density at radius 2 is 2.20 bits per heavy atom. The number of nitrogens with zero attached hydrogens (tertiary/aromatic N) is 1. The average Bonchev–Trinajstić information content (AvgIpc) is 2.83. The zero-order chi connectivity index (χ0) is 14.5. The lowest BCUT2D eigenvalue weighted by molar-refractivity contribution is -0.117. The van der Waals surface area contributed by atoms with Crippen LogP contribution in [0, 0.1) is 6.92 Å². The van der Waals surface area contributed by atoms with Gasteiger partial charge in [0, 0.05) is 30.9 Å². The SMILES string of the molecule is CCCNC(=O)Nc1ccc(N2CCCC2=O)c(C)c1. The van der Waals surface area contributed by atoms with Gasteiger partial charge in [-0.3, -0.25) is 4.79 Å².